The summed E-state index contributed by atoms with van der Waals surface area (Å²) in [5.74, 6) is -0.318. The quantitative estimate of drug-likeness (QED) is 0.871. The van der Waals surface area contributed by atoms with Gasteiger partial charge in [0.05, 0.1) is 5.69 Å². The van der Waals surface area contributed by atoms with E-state index in [-0.39, 0.29) is 18.9 Å². The Kier molecular flexibility index (Phi) is 3.75. The fraction of sp³-hybridized carbons (Fsp3) is 0.167. The average Bonchev–Trinajstić information content (AvgIpc) is 2.83. The summed E-state index contributed by atoms with van der Waals surface area (Å²) in [5, 5.41) is 3.41. The van der Waals surface area contributed by atoms with E-state index in [1.54, 1.807) is 18.2 Å². The van der Waals surface area contributed by atoms with E-state index in [0.717, 1.165) is 4.68 Å². The predicted octanol–water partition coefficient (Wildman–Crippen LogP) is 1.89. The fourth-order valence-corrected chi connectivity index (χ4v) is 1.64. The number of alkyl halides is 3. The number of carbonyl (C=O) groups is 1. The second-order valence-electron chi connectivity index (χ2n) is 3.87. The van der Waals surface area contributed by atoms with Crippen LogP contribution in [-0.4, -0.2) is 16.3 Å². The zero-order valence-electron chi connectivity index (χ0n) is 10.1. The highest BCUT2D eigenvalue weighted by Gasteiger charge is 2.35. The van der Waals surface area contributed by atoms with Crippen LogP contribution in [0.1, 0.15) is 11.3 Å². The summed E-state index contributed by atoms with van der Waals surface area (Å²) in [5.41, 5.74) is 5.36. The van der Waals surface area contributed by atoms with Crippen molar-refractivity contribution < 1.29 is 22.7 Å². The van der Waals surface area contributed by atoms with E-state index in [2.05, 4.69) is 9.84 Å². The number of hydrogen-bond acceptors (Lipinski definition) is 4. The first-order valence-electron chi connectivity index (χ1n) is 5.52. The molecule has 0 aliphatic carbocycles. The summed E-state index contributed by atoms with van der Waals surface area (Å²) in [6.07, 6.45) is -4.63. The molecule has 5 nitrogen and oxygen atoms in total. The lowest BCUT2D eigenvalue weighted by Gasteiger charge is -2.06. The smallest absolute Gasteiger partial charge is 0.410 e. The SMILES string of the molecule is NCc1cccc(-n2nc(C(F)(F)F)cc2OC=O)c1. The maximum Gasteiger partial charge on any atom is 0.435 e. The fourth-order valence-electron chi connectivity index (χ4n) is 1.64. The van der Waals surface area contributed by atoms with Crippen LogP contribution in [0.15, 0.2) is 30.3 Å². The van der Waals surface area contributed by atoms with Gasteiger partial charge < -0.3 is 10.5 Å². The van der Waals surface area contributed by atoms with Gasteiger partial charge in [0.15, 0.2) is 5.69 Å². The van der Waals surface area contributed by atoms with Crippen molar-refractivity contribution in [1.29, 1.82) is 0 Å². The van der Waals surface area contributed by atoms with E-state index in [0.29, 0.717) is 17.3 Å². The molecule has 2 aromatic rings. The minimum absolute atomic E-state index is 0.0421. The molecule has 20 heavy (non-hydrogen) atoms. The Bertz CT molecular complexity index is 623. The molecular weight excluding hydrogens is 275 g/mol. The molecule has 0 bridgehead atoms. The summed E-state index contributed by atoms with van der Waals surface area (Å²) in [4.78, 5) is 10.4. The number of rotatable bonds is 4. The van der Waals surface area contributed by atoms with Gasteiger partial charge in [0.25, 0.3) is 6.47 Å². The van der Waals surface area contributed by atoms with Crippen molar-refractivity contribution in [3.8, 4) is 11.6 Å². The number of benzene rings is 1. The predicted molar refractivity (Wildman–Crippen MR) is 63.1 cm³/mol. The molecule has 8 heteroatoms. The van der Waals surface area contributed by atoms with E-state index in [9.17, 15) is 18.0 Å². The van der Waals surface area contributed by atoms with Gasteiger partial charge in [0, 0.05) is 12.6 Å². The van der Waals surface area contributed by atoms with Crippen LogP contribution in [0.5, 0.6) is 5.88 Å². The summed E-state index contributed by atoms with van der Waals surface area (Å²) in [6, 6.07) is 7.09. The van der Waals surface area contributed by atoms with Crippen molar-refractivity contribution in [3.63, 3.8) is 0 Å². The lowest BCUT2D eigenvalue weighted by Crippen LogP contribution is -2.08. The maximum atomic E-state index is 12.6. The molecule has 0 atom stereocenters. The molecule has 106 valence electrons. The van der Waals surface area contributed by atoms with Crippen molar-refractivity contribution >= 4 is 6.47 Å². The van der Waals surface area contributed by atoms with Crippen molar-refractivity contribution in [2.24, 2.45) is 5.73 Å². The van der Waals surface area contributed by atoms with Crippen LogP contribution >= 0.6 is 0 Å². The minimum Gasteiger partial charge on any atom is -0.410 e. The highest BCUT2D eigenvalue weighted by Crippen LogP contribution is 2.32. The highest BCUT2D eigenvalue weighted by atomic mass is 19.4. The van der Waals surface area contributed by atoms with E-state index >= 15 is 0 Å². The molecule has 0 aliphatic heterocycles. The van der Waals surface area contributed by atoms with E-state index in [1.807, 2.05) is 0 Å². The molecule has 1 heterocycles. The third-order valence-corrected chi connectivity index (χ3v) is 2.53. The largest absolute Gasteiger partial charge is 0.435 e. The number of hydrogen-bond donors (Lipinski definition) is 1. The van der Waals surface area contributed by atoms with Crippen molar-refractivity contribution in [3.05, 3.63) is 41.6 Å². The van der Waals surface area contributed by atoms with Crippen molar-refractivity contribution in [2.45, 2.75) is 12.7 Å². The summed E-state index contributed by atoms with van der Waals surface area (Å²) < 4.78 is 43.4. The summed E-state index contributed by atoms with van der Waals surface area (Å²) in [6.45, 7) is 0.269. The molecule has 0 radical (unpaired) electrons. The number of ether oxygens (including phenoxy) is 1. The Morgan fingerprint density at radius 1 is 1.35 bits per heavy atom. The Hall–Kier alpha value is -2.35. The maximum absolute atomic E-state index is 12.6. The molecule has 2 rings (SSSR count). The third kappa shape index (κ3) is 2.80. The Morgan fingerprint density at radius 3 is 2.70 bits per heavy atom. The van der Waals surface area contributed by atoms with Gasteiger partial charge in [0.2, 0.25) is 5.88 Å². The van der Waals surface area contributed by atoms with Crippen LogP contribution in [0.3, 0.4) is 0 Å². The van der Waals surface area contributed by atoms with E-state index in [4.69, 9.17) is 5.73 Å². The van der Waals surface area contributed by atoms with E-state index < -0.39 is 11.9 Å². The minimum atomic E-state index is -4.63. The monoisotopic (exact) mass is 285 g/mol. The molecule has 0 saturated carbocycles. The lowest BCUT2D eigenvalue weighted by atomic mass is 10.2. The molecule has 0 fully saturated rings. The Balaban J connectivity index is 2.53. The molecular formula is C12H10F3N3O2. The molecule has 0 saturated heterocycles. The molecule has 1 aromatic heterocycles. The zero-order valence-corrected chi connectivity index (χ0v) is 10.1. The Labute approximate surface area is 111 Å². The molecule has 0 aliphatic rings. The average molecular weight is 285 g/mol. The molecule has 0 unspecified atom stereocenters. The molecule has 0 amide bonds. The van der Waals surface area contributed by atoms with Gasteiger partial charge in [-0.05, 0) is 17.7 Å². The van der Waals surface area contributed by atoms with Crippen molar-refractivity contribution in [2.75, 3.05) is 0 Å². The first kappa shape index (κ1) is 14.1. The van der Waals surface area contributed by atoms with E-state index in [1.165, 1.54) is 6.07 Å². The molecule has 0 spiro atoms. The number of nitrogens with two attached hydrogens (primary N) is 1. The standard InChI is InChI=1S/C12H10F3N3O2/c13-12(14,15)10-5-11(20-7-19)18(17-10)9-3-1-2-8(4-9)6-16/h1-5,7H,6,16H2. The van der Waals surface area contributed by atoms with Crippen molar-refractivity contribution in [1.82, 2.24) is 9.78 Å². The number of halogens is 3. The van der Waals surface area contributed by atoms with Gasteiger partial charge in [-0.25, -0.2) is 4.68 Å². The highest BCUT2D eigenvalue weighted by molar-refractivity contribution is 5.46. The number of nitrogens with zero attached hydrogens (tertiary/aromatic N) is 2. The van der Waals surface area contributed by atoms with Crippen LogP contribution in [0, 0.1) is 0 Å². The number of aromatic nitrogens is 2. The van der Waals surface area contributed by atoms with Crippen LogP contribution < -0.4 is 10.5 Å². The molecule has 2 N–H and O–H groups in total. The van der Waals surface area contributed by atoms with Gasteiger partial charge in [-0.3, -0.25) is 4.79 Å². The topological polar surface area (TPSA) is 70.1 Å². The summed E-state index contributed by atoms with van der Waals surface area (Å²) >= 11 is 0. The second-order valence-corrected chi connectivity index (χ2v) is 3.87. The molecule has 1 aromatic carbocycles. The zero-order chi connectivity index (χ0) is 14.8. The van der Waals surface area contributed by atoms with Gasteiger partial charge in [0.1, 0.15) is 0 Å². The number of carbonyl (C=O) groups excluding carboxylic acids is 1. The Morgan fingerprint density at radius 2 is 2.10 bits per heavy atom. The lowest BCUT2D eigenvalue weighted by molar-refractivity contribution is -0.141. The van der Waals surface area contributed by atoms with Gasteiger partial charge in [-0.1, -0.05) is 12.1 Å². The van der Waals surface area contributed by atoms with Gasteiger partial charge in [-0.2, -0.15) is 18.3 Å². The van der Waals surface area contributed by atoms with Gasteiger partial charge in [-0.15, -0.1) is 0 Å². The first-order chi connectivity index (χ1) is 9.45. The van der Waals surface area contributed by atoms with Crippen LogP contribution in [-0.2, 0) is 17.5 Å². The van der Waals surface area contributed by atoms with Gasteiger partial charge >= 0.3 is 6.18 Å². The third-order valence-electron chi connectivity index (χ3n) is 2.53. The normalized spacial score (nSPS) is 11.4. The first-order valence-corrected chi connectivity index (χ1v) is 5.52. The van der Waals surface area contributed by atoms with Crippen LogP contribution in [0.2, 0.25) is 0 Å². The summed E-state index contributed by atoms with van der Waals surface area (Å²) in [7, 11) is 0. The van der Waals surface area contributed by atoms with Crippen LogP contribution in [0.25, 0.3) is 5.69 Å². The van der Waals surface area contributed by atoms with Crippen LogP contribution in [0.4, 0.5) is 13.2 Å². The second kappa shape index (κ2) is 5.33.